The Morgan fingerprint density at radius 1 is 1.39 bits per heavy atom. The molecule has 18 heavy (non-hydrogen) atoms. The van der Waals surface area contributed by atoms with Crippen molar-refractivity contribution in [1.82, 2.24) is 9.97 Å². The lowest BCUT2D eigenvalue weighted by Gasteiger charge is -2.23. The highest BCUT2D eigenvalue weighted by Gasteiger charge is 2.17. The van der Waals surface area contributed by atoms with Gasteiger partial charge in [0.2, 0.25) is 5.88 Å². The lowest BCUT2D eigenvalue weighted by atomic mass is 10.1. The highest BCUT2D eigenvalue weighted by molar-refractivity contribution is 5.66. The quantitative estimate of drug-likeness (QED) is 0.770. The van der Waals surface area contributed by atoms with E-state index in [1.807, 2.05) is 20.8 Å². The fourth-order valence-corrected chi connectivity index (χ4v) is 1.20. The summed E-state index contributed by atoms with van der Waals surface area (Å²) in [4.78, 5) is 8.11. The van der Waals surface area contributed by atoms with Crippen LogP contribution in [0, 0.1) is 0 Å². The molecule has 0 amide bonds. The summed E-state index contributed by atoms with van der Waals surface area (Å²) in [7, 11) is 1.67. The van der Waals surface area contributed by atoms with E-state index in [9.17, 15) is 0 Å². The minimum atomic E-state index is -0.290. The van der Waals surface area contributed by atoms with E-state index in [1.54, 1.807) is 7.11 Å². The number of nitrogens with one attached hydrogen (secondary N) is 1. The number of nitrogens with zero attached hydrogens (tertiary/aromatic N) is 2. The van der Waals surface area contributed by atoms with Crippen molar-refractivity contribution in [1.29, 1.82) is 0 Å². The molecule has 0 saturated heterocycles. The SMILES string of the molecule is CCCOc1ncnc(NCC(C)(C)OC)c1N. The molecule has 0 fully saturated rings. The molecule has 0 saturated carbocycles. The first-order chi connectivity index (χ1) is 8.50. The zero-order valence-electron chi connectivity index (χ0n) is 11.5. The van der Waals surface area contributed by atoms with Gasteiger partial charge in [-0.25, -0.2) is 4.98 Å². The van der Waals surface area contributed by atoms with Gasteiger partial charge >= 0.3 is 0 Å². The number of hydrogen-bond acceptors (Lipinski definition) is 6. The van der Waals surface area contributed by atoms with Crippen LogP contribution in [0.15, 0.2) is 6.33 Å². The van der Waals surface area contributed by atoms with Crippen molar-refractivity contribution in [2.75, 3.05) is 31.3 Å². The van der Waals surface area contributed by atoms with Crippen LogP contribution < -0.4 is 15.8 Å². The molecule has 6 nitrogen and oxygen atoms in total. The molecule has 102 valence electrons. The number of hydrogen-bond donors (Lipinski definition) is 2. The van der Waals surface area contributed by atoms with Crippen molar-refractivity contribution in [3.63, 3.8) is 0 Å². The lowest BCUT2D eigenvalue weighted by molar-refractivity contribution is 0.0343. The molecule has 1 aromatic heterocycles. The summed E-state index contributed by atoms with van der Waals surface area (Å²) in [6.45, 7) is 7.16. The first-order valence-corrected chi connectivity index (χ1v) is 6.02. The van der Waals surface area contributed by atoms with Crippen molar-refractivity contribution in [2.45, 2.75) is 32.8 Å². The van der Waals surface area contributed by atoms with Crippen molar-refractivity contribution < 1.29 is 9.47 Å². The maximum absolute atomic E-state index is 5.94. The molecule has 3 N–H and O–H groups in total. The van der Waals surface area contributed by atoms with Gasteiger partial charge in [-0.3, -0.25) is 0 Å². The Balaban J connectivity index is 2.71. The Hall–Kier alpha value is -1.56. The van der Waals surface area contributed by atoms with Crippen LogP contribution in [0.5, 0.6) is 5.88 Å². The molecular formula is C12H22N4O2. The molecule has 0 bridgehead atoms. The predicted octanol–water partition coefficient (Wildman–Crippen LogP) is 1.68. The molecule has 0 aromatic carbocycles. The van der Waals surface area contributed by atoms with Crippen molar-refractivity contribution in [3.8, 4) is 5.88 Å². The topological polar surface area (TPSA) is 82.3 Å². The number of anilines is 2. The van der Waals surface area contributed by atoms with E-state index in [0.29, 0.717) is 30.5 Å². The van der Waals surface area contributed by atoms with Crippen LogP contribution in [0.25, 0.3) is 0 Å². The standard InChI is InChI=1S/C12H22N4O2/c1-5-6-18-11-9(13)10(15-8-16-11)14-7-12(2,3)17-4/h8H,5-7,13H2,1-4H3,(H,14,15,16). The van der Waals surface area contributed by atoms with Crippen molar-refractivity contribution >= 4 is 11.5 Å². The van der Waals surface area contributed by atoms with E-state index in [4.69, 9.17) is 15.2 Å². The highest BCUT2D eigenvalue weighted by atomic mass is 16.5. The number of methoxy groups -OCH3 is 1. The molecular weight excluding hydrogens is 232 g/mol. The second-order valence-electron chi connectivity index (χ2n) is 4.61. The van der Waals surface area contributed by atoms with Gasteiger partial charge in [0.1, 0.15) is 12.0 Å². The molecule has 1 aromatic rings. The third kappa shape index (κ3) is 4.03. The fourth-order valence-electron chi connectivity index (χ4n) is 1.20. The average molecular weight is 254 g/mol. The third-order valence-corrected chi connectivity index (χ3v) is 2.52. The van der Waals surface area contributed by atoms with Crippen molar-refractivity contribution in [2.24, 2.45) is 0 Å². The number of ether oxygens (including phenoxy) is 2. The van der Waals surface area contributed by atoms with Gasteiger partial charge in [-0.2, -0.15) is 4.98 Å². The van der Waals surface area contributed by atoms with E-state index in [2.05, 4.69) is 15.3 Å². The van der Waals surface area contributed by atoms with E-state index < -0.39 is 0 Å². The van der Waals surface area contributed by atoms with Crippen molar-refractivity contribution in [3.05, 3.63) is 6.33 Å². The average Bonchev–Trinajstić information content (AvgIpc) is 2.36. The zero-order valence-corrected chi connectivity index (χ0v) is 11.5. The number of aromatic nitrogens is 2. The van der Waals surface area contributed by atoms with Crippen LogP contribution in [0.1, 0.15) is 27.2 Å². The zero-order chi connectivity index (χ0) is 13.6. The van der Waals surface area contributed by atoms with Gasteiger partial charge in [0.15, 0.2) is 5.82 Å². The van der Waals surface area contributed by atoms with Gasteiger partial charge in [0.25, 0.3) is 0 Å². The van der Waals surface area contributed by atoms with E-state index in [-0.39, 0.29) is 5.60 Å². The highest BCUT2D eigenvalue weighted by Crippen LogP contribution is 2.25. The van der Waals surface area contributed by atoms with Gasteiger partial charge in [-0.15, -0.1) is 0 Å². The summed E-state index contributed by atoms with van der Waals surface area (Å²) >= 11 is 0. The van der Waals surface area contributed by atoms with E-state index in [1.165, 1.54) is 6.33 Å². The summed E-state index contributed by atoms with van der Waals surface area (Å²) in [5, 5.41) is 3.14. The number of nitrogen functional groups attached to an aromatic ring is 1. The van der Waals surface area contributed by atoms with Gasteiger partial charge in [0, 0.05) is 13.7 Å². The molecule has 1 rings (SSSR count). The monoisotopic (exact) mass is 254 g/mol. The summed E-state index contributed by atoms with van der Waals surface area (Å²) in [5.74, 6) is 0.991. The summed E-state index contributed by atoms with van der Waals surface area (Å²) < 4.78 is 10.8. The fraction of sp³-hybridized carbons (Fsp3) is 0.667. The van der Waals surface area contributed by atoms with Crippen LogP contribution in [0.3, 0.4) is 0 Å². The summed E-state index contributed by atoms with van der Waals surface area (Å²) in [5.41, 5.74) is 6.08. The van der Waals surface area contributed by atoms with Gasteiger partial charge in [-0.1, -0.05) is 6.92 Å². The van der Waals surface area contributed by atoms with Crippen LogP contribution in [0.2, 0.25) is 0 Å². The Labute approximate surface area is 108 Å². The molecule has 0 aliphatic rings. The normalized spacial score (nSPS) is 11.3. The number of rotatable bonds is 7. The van der Waals surface area contributed by atoms with Crippen LogP contribution in [-0.2, 0) is 4.74 Å². The largest absolute Gasteiger partial charge is 0.476 e. The van der Waals surface area contributed by atoms with Crippen LogP contribution in [-0.4, -0.2) is 35.8 Å². The second kappa shape index (κ2) is 6.39. The maximum atomic E-state index is 5.94. The summed E-state index contributed by atoms with van der Waals surface area (Å²) in [6.07, 6.45) is 2.34. The maximum Gasteiger partial charge on any atom is 0.242 e. The van der Waals surface area contributed by atoms with Crippen LogP contribution in [0.4, 0.5) is 11.5 Å². The molecule has 0 radical (unpaired) electrons. The number of nitrogens with two attached hydrogens (primary N) is 1. The first kappa shape index (κ1) is 14.5. The smallest absolute Gasteiger partial charge is 0.242 e. The molecule has 0 aliphatic carbocycles. The minimum absolute atomic E-state index is 0.290. The molecule has 0 aliphatic heterocycles. The molecule has 1 heterocycles. The van der Waals surface area contributed by atoms with Crippen LogP contribution >= 0.6 is 0 Å². The Kier molecular flexibility index (Phi) is 5.15. The van der Waals surface area contributed by atoms with E-state index in [0.717, 1.165) is 6.42 Å². The Morgan fingerprint density at radius 2 is 2.11 bits per heavy atom. The minimum Gasteiger partial charge on any atom is -0.476 e. The molecule has 6 heteroatoms. The summed E-state index contributed by atoms with van der Waals surface area (Å²) in [6, 6.07) is 0. The molecule has 0 spiro atoms. The van der Waals surface area contributed by atoms with Gasteiger partial charge < -0.3 is 20.5 Å². The van der Waals surface area contributed by atoms with E-state index >= 15 is 0 Å². The van der Waals surface area contributed by atoms with Gasteiger partial charge in [0.05, 0.1) is 12.2 Å². The van der Waals surface area contributed by atoms with Gasteiger partial charge in [-0.05, 0) is 20.3 Å². The molecule has 0 atom stereocenters. The first-order valence-electron chi connectivity index (χ1n) is 6.02. The Morgan fingerprint density at radius 3 is 2.72 bits per heavy atom. The lowest BCUT2D eigenvalue weighted by Crippen LogP contribution is -2.32. The Bertz CT molecular complexity index is 382. The predicted molar refractivity (Wildman–Crippen MR) is 71.8 cm³/mol. The third-order valence-electron chi connectivity index (χ3n) is 2.52. The second-order valence-corrected chi connectivity index (χ2v) is 4.61. The molecule has 0 unspecified atom stereocenters.